The summed E-state index contributed by atoms with van der Waals surface area (Å²) in [7, 11) is 1.70. The first-order chi connectivity index (χ1) is 6.63. The van der Waals surface area contributed by atoms with Gasteiger partial charge in [-0.15, -0.1) is 11.3 Å². The molecule has 0 aliphatic carbocycles. The van der Waals surface area contributed by atoms with Crippen molar-refractivity contribution < 1.29 is 9.84 Å². The summed E-state index contributed by atoms with van der Waals surface area (Å²) in [4.78, 5) is 2.31. The van der Waals surface area contributed by atoms with Gasteiger partial charge in [0.1, 0.15) is 0 Å². The van der Waals surface area contributed by atoms with Gasteiger partial charge in [0, 0.05) is 16.9 Å². The minimum atomic E-state index is -0.328. The Morgan fingerprint density at radius 3 is 2.64 bits per heavy atom. The van der Waals surface area contributed by atoms with Crippen LogP contribution in [0.2, 0.25) is 0 Å². The predicted molar refractivity (Wildman–Crippen MR) is 59.7 cm³/mol. The van der Waals surface area contributed by atoms with E-state index >= 15 is 0 Å². The van der Waals surface area contributed by atoms with Crippen molar-refractivity contribution in [2.45, 2.75) is 38.9 Å². The summed E-state index contributed by atoms with van der Waals surface area (Å²) in [6, 6.07) is 4.05. The van der Waals surface area contributed by atoms with Gasteiger partial charge in [-0.05, 0) is 38.8 Å². The number of aliphatic hydroxyl groups is 1. The van der Waals surface area contributed by atoms with Crippen LogP contribution in [-0.2, 0) is 4.74 Å². The lowest BCUT2D eigenvalue weighted by Gasteiger charge is -2.12. The lowest BCUT2D eigenvalue weighted by molar-refractivity contribution is 0.0860. The molecule has 14 heavy (non-hydrogen) atoms. The Morgan fingerprint density at radius 1 is 1.43 bits per heavy atom. The van der Waals surface area contributed by atoms with Crippen molar-refractivity contribution in [3.05, 3.63) is 21.9 Å². The van der Waals surface area contributed by atoms with Crippen LogP contribution in [0.5, 0.6) is 0 Å². The molecule has 0 fully saturated rings. The monoisotopic (exact) mass is 214 g/mol. The first-order valence-corrected chi connectivity index (χ1v) is 5.72. The number of ether oxygens (including phenoxy) is 1. The van der Waals surface area contributed by atoms with Crippen LogP contribution in [0.1, 0.15) is 35.6 Å². The highest BCUT2D eigenvalue weighted by Gasteiger charge is 2.11. The Labute approximate surface area is 89.5 Å². The third-order valence-electron chi connectivity index (χ3n) is 2.34. The minimum absolute atomic E-state index is 0.228. The summed E-state index contributed by atoms with van der Waals surface area (Å²) in [5.74, 6) is 0. The fourth-order valence-corrected chi connectivity index (χ4v) is 2.18. The molecule has 0 aliphatic heterocycles. The van der Waals surface area contributed by atoms with Crippen LogP contribution in [0.4, 0.5) is 0 Å². The van der Waals surface area contributed by atoms with E-state index in [1.165, 1.54) is 4.88 Å². The summed E-state index contributed by atoms with van der Waals surface area (Å²) in [6.07, 6.45) is 1.57. The minimum Gasteiger partial charge on any atom is -0.388 e. The van der Waals surface area contributed by atoms with E-state index in [4.69, 9.17) is 4.74 Å². The van der Waals surface area contributed by atoms with Gasteiger partial charge in [-0.25, -0.2) is 0 Å². The van der Waals surface area contributed by atoms with Crippen molar-refractivity contribution in [3.63, 3.8) is 0 Å². The lowest BCUT2D eigenvalue weighted by atomic mass is 10.1. The Morgan fingerprint density at radius 2 is 2.14 bits per heavy atom. The number of hydrogen-bond donors (Lipinski definition) is 1. The molecule has 1 aromatic heterocycles. The first-order valence-electron chi connectivity index (χ1n) is 4.90. The molecule has 3 heteroatoms. The molecule has 0 spiro atoms. The molecule has 0 aliphatic rings. The summed E-state index contributed by atoms with van der Waals surface area (Å²) in [5.41, 5.74) is 0. The third-order valence-corrected chi connectivity index (χ3v) is 3.44. The van der Waals surface area contributed by atoms with Gasteiger partial charge in [-0.1, -0.05) is 0 Å². The van der Waals surface area contributed by atoms with E-state index in [1.807, 2.05) is 19.1 Å². The predicted octanol–water partition coefficient (Wildman–Crippen LogP) is 2.91. The van der Waals surface area contributed by atoms with Crippen molar-refractivity contribution >= 4 is 11.3 Å². The molecule has 1 N–H and O–H groups in total. The maximum atomic E-state index is 9.83. The van der Waals surface area contributed by atoms with E-state index in [9.17, 15) is 5.11 Å². The average Bonchev–Trinajstić information content (AvgIpc) is 2.60. The van der Waals surface area contributed by atoms with Crippen LogP contribution >= 0.6 is 11.3 Å². The zero-order chi connectivity index (χ0) is 10.6. The van der Waals surface area contributed by atoms with Gasteiger partial charge in [0.25, 0.3) is 0 Å². The summed E-state index contributed by atoms with van der Waals surface area (Å²) >= 11 is 1.66. The average molecular weight is 214 g/mol. The Balaban J connectivity index is 2.39. The molecule has 80 valence electrons. The van der Waals surface area contributed by atoms with Crippen LogP contribution in [0.3, 0.4) is 0 Å². The summed E-state index contributed by atoms with van der Waals surface area (Å²) < 4.78 is 5.13. The molecule has 1 rings (SSSR count). The first kappa shape index (κ1) is 11.7. The molecule has 1 heterocycles. The highest BCUT2D eigenvalue weighted by atomic mass is 32.1. The van der Waals surface area contributed by atoms with E-state index < -0.39 is 0 Å². The lowest BCUT2D eigenvalue weighted by Crippen LogP contribution is -2.07. The number of thiophene rings is 1. The molecular weight excluding hydrogens is 196 g/mol. The maximum Gasteiger partial charge on any atom is 0.0883 e. The molecule has 0 bridgehead atoms. The van der Waals surface area contributed by atoms with Crippen molar-refractivity contribution in [2.75, 3.05) is 7.11 Å². The quantitative estimate of drug-likeness (QED) is 0.816. The van der Waals surface area contributed by atoms with E-state index in [1.54, 1.807) is 18.4 Å². The Hall–Kier alpha value is -0.380. The van der Waals surface area contributed by atoms with Crippen LogP contribution in [-0.4, -0.2) is 18.3 Å². The number of aliphatic hydroxyl groups excluding tert-OH is 1. The van der Waals surface area contributed by atoms with Gasteiger partial charge < -0.3 is 9.84 Å². The molecule has 0 saturated heterocycles. The molecule has 0 amide bonds. The highest BCUT2D eigenvalue weighted by Crippen LogP contribution is 2.26. The van der Waals surface area contributed by atoms with Gasteiger partial charge in [0.15, 0.2) is 0 Å². The Kier molecular flexibility index (Phi) is 4.58. The molecular formula is C11H18O2S. The fraction of sp³-hybridized carbons (Fsp3) is 0.636. The normalized spacial score (nSPS) is 15.4. The van der Waals surface area contributed by atoms with Gasteiger partial charge >= 0.3 is 0 Å². The van der Waals surface area contributed by atoms with Crippen molar-refractivity contribution in [2.24, 2.45) is 0 Å². The van der Waals surface area contributed by atoms with Crippen LogP contribution in [0, 0.1) is 6.92 Å². The largest absolute Gasteiger partial charge is 0.388 e. The maximum absolute atomic E-state index is 9.83. The van der Waals surface area contributed by atoms with E-state index in [2.05, 4.69) is 6.92 Å². The van der Waals surface area contributed by atoms with Gasteiger partial charge in [-0.3, -0.25) is 0 Å². The SMILES string of the molecule is COC(C)CCC(O)c1ccc(C)s1. The molecule has 0 radical (unpaired) electrons. The molecule has 2 atom stereocenters. The Bertz CT molecular complexity index is 270. The number of rotatable bonds is 5. The van der Waals surface area contributed by atoms with Crippen molar-refractivity contribution in [3.8, 4) is 0 Å². The van der Waals surface area contributed by atoms with Gasteiger partial charge in [0.2, 0.25) is 0 Å². The summed E-state index contributed by atoms with van der Waals surface area (Å²) in [6.45, 7) is 4.07. The van der Waals surface area contributed by atoms with E-state index in [0.717, 1.165) is 17.7 Å². The molecule has 2 unspecified atom stereocenters. The smallest absolute Gasteiger partial charge is 0.0883 e. The van der Waals surface area contributed by atoms with Crippen LogP contribution in [0.15, 0.2) is 12.1 Å². The second kappa shape index (κ2) is 5.49. The van der Waals surface area contributed by atoms with Gasteiger partial charge in [-0.2, -0.15) is 0 Å². The number of hydrogen-bond acceptors (Lipinski definition) is 3. The third kappa shape index (κ3) is 3.40. The molecule has 2 nitrogen and oxygen atoms in total. The van der Waals surface area contributed by atoms with Crippen molar-refractivity contribution in [1.29, 1.82) is 0 Å². The second-order valence-electron chi connectivity index (χ2n) is 3.59. The van der Waals surface area contributed by atoms with Crippen LogP contribution < -0.4 is 0 Å². The fourth-order valence-electron chi connectivity index (χ4n) is 1.29. The topological polar surface area (TPSA) is 29.5 Å². The number of aryl methyl sites for hydroxylation is 1. The summed E-state index contributed by atoms with van der Waals surface area (Å²) in [5, 5.41) is 9.83. The molecule has 0 saturated carbocycles. The van der Waals surface area contributed by atoms with E-state index in [0.29, 0.717) is 0 Å². The van der Waals surface area contributed by atoms with Crippen LogP contribution in [0.25, 0.3) is 0 Å². The van der Waals surface area contributed by atoms with Crippen molar-refractivity contribution in [1.82, 2.24) is 0 Å². The highest BCUT2D eigenvalue weighted by molar-refractivity contribution is 7.11. The van der Waals surface area contributed by atoms with Gasteiger partial charge in [0.05, 0.1) is 12.2 Å². The zero-order valence-electron chi connectivity index (χ0n) is 8.99. The molecule has 0 aromatic carbocycles. The standard InChI is InChI=1S/C11H18O2S/c1-8(13-3)4-6-10(12)11-7-5-9(2)14-11/h5,7-8,10,12H,4,6H2,1-3H3. The zero-order valence-corrected chi connectivity index (χ0v) is 9.80. The number of methoxy groups -OCH3 is 1. The second-order valence-corrected chi connectivity index (χ2v) is 4.91. The molecule has 1 aromatic rings. The van der Waals surface area contributed by atoms with E-state index in [-0.39, 0.29) is 12.2 Å².